The largest absolute Gasteiger partial charge is 0.368 e. The Morgan fingerprint density at radius 3 is 2.35 bits per heavy atom. The van der Waals surface area contributed by atoms with Crippen molar-refractivity contribution in [2.45, 2.75) is 45.7 Å². The van der Waals surface area contributed by atoms with Gasteiger partial charge in [-0.2, -0.15) is 0 Å². The molecule has 0 aliphatic heterocycles. The molecule has 3 nitrogen and oxygen atoms in total. The number of hydrogen-bond acceptors (Lipinski definition) is 2. The number of aryl methyl sites for hydroxylation is 1. The van der Waals surface area contributed by atoms with E-state index in [2.05, 4.69) is 36.5 Å². The van der Waals surface area contributed by atoms with Crippen LogP contribution in [0.25, 0.3) is 0 Å². The van der Waals surface area contributed by atoms with Crippen LogP contribution in [0.1, 0.15) is 44.4 Å². The van der Waals surface area contributed by atoms with Crippen LogP contribution in [-0.4, -0.2) is 11.9 Å². The van der Waals surface area contributed by atoms with E-state index in [0.29, 0.717) is 0 Å². The minimum absolute atomic E-state index is 0.133. The first-order valence-corrected chi connectivity index (χ1v) is 6.18. The SMILES string of the molecule is CCCc1ccc(C(C)NC(C)C(N)=O)cc1. The van der Waals surface area contributed by atoms with Gasteiger partial charge in [-0.25, -0.2) is 0 Å². The second-order valence-corrected chi connectivity index (χ2v) is 4.50. The predicted octanol–water partition coefficient (Wildman–Crippen LogP) is 2.16. The summed E-state index contributed by atoms with van der Waals surface area (Å²) < 4.78 is 0. The van der Waals surface area contributed by atoms with Gasteiger partial charge in [-0.3, -0.25) is 10.1 Å². The second kappa shape index (κ2) is 6.40. The lowest BCUT2D eigenvalue weighted by atomic mass is 10.0. The van der Waals surface area contributed by atoms with E-state index in [0.717, 1.165) is 12.8 Å². The van der Waals surface area contributed by atoms with Crippen LogP contribution < -0.4 is 11.1 Å². The zero-order valence-corrected chi connectivity index (χ0v) is 10.9. The number of amides is 1. The summed E-state index contributed by atoms with van der Waals surface area (Å²) in [6.07, 6.45) is 2.27. The Kier molecular flexibility index (Phi) is 5.16. The highest BCUT2D eigenvalue weighted by Crippen LogP contribution is 2.14. The molecule has 0 fully saturated rings. The number of primary amides is 1. The number of hydrogen-bond donors (Lipinski definition) is 2. The highest BCUT2D eigenvalue weighted by atomic mass is 16.1. The van der Waals surface area contributed by atoms with E-state index in [1.165, 1.54) is 11.1 Å². The number of benzene rings is 1. The standard InChI is InChI=1S/C14H22N2O/c1-4-5-12-6-8-13(9-7-12)10(2)16-11(3)14(15)17/h6-11,16H,4-5H2,1-3H3,(H2,15,17). The molecule has 0 aliphatic carbocycles. The zero-order chi connectivity index (χ0) is 12.8. The molecule has 0 heterocycles. The average molecular weight is 234 g/mol. The van der Waals surface area contributed by atoms with E-state index < -0.39 is 0 Å². The van der Waals surface area contributed by atoms with Crippen LogP contribution in [0.5, 0.6) is 0 Å². The third kappa shape index (κ3) is 4.19. The Morgan fingerprint density at radius 1 is 1.29 bits per heavy atom. The van der Waals surface area contributed by atoms with Crippen molar-refractivity contribution >= 4 is 5.91 Å². The number of rotatable bonds is 6. The maximum atomic E-state index is 11.0. The van der Waals surface area contributed by atoms with Gasteiger partial charge in [0.25, 0.3) is 0 Å². The molecule has 0 aliphatic rings. The van der Waals surface area contributed by atoms with E-state index in [9.17, 15) is 4.79 Å². The molecule has 3 N–H and O–H groups in total. The van der Waals surface area contributed by atoms with Crippen molar-refractivity contribution in [3.05, 3.63) is 35.4 Å². The van der Waals surface area contributed by atoms with Gasteiger partial charge in [0.05, 0.1) is 6.04 Å². The molecular formula is C14H22N2O. The number of nitrogens with one attached hydrogen (secondary N) is 1. The van der Waals surface area contributed by atoms with E-state index in [1.54, 1.807) is 6.92 Å². The third-order valence-corrected chi connectivity index (χ3v) is 2.95. The molecule has 0 radical (unpaired) electrons. The molecule has 0 aromatic heterocycles. The van der Waals surface area contributed by atoms with E-state index in [1.807, 2.05) is 6.92 Å². The highest BCUT2D eigenvalue weighted by Gasteiger charge is 2.12. The number of carbonyl (C=O) groups excluding carboxylic acids is 1. The molecule has 3 heteroatoms. The minimum atomic E-state index is -0.320. The molecule has 0 saturated carbocycles. The molecule has 1 aromatic carbocycles. The van der Waals surface area contributed by atoms with Crippen molar-refractivity contribution < 1.29 is 4.79 Å². The van der Waals surface area contributed by atoms with Gasteiger partial charge in [-0.15, -0.1) is 0 Å². The fourth-order valence-corrected chi connectivity index (χ4v) is 1.82. The fourth-order valence-electron chi connectivity index (χ4n) is 1.82. The summed E-state index contributed by atoms with van der Waals surface area (Å²) >= 11 is 0. The molecule has 1 aromatic rings. The van der Waals surface area contributed by atoms with Crippen LogP contribution in [0, 0.1) is 0 Å². The summed E-state index contributed by atoms with van der Waals surface area (Å²) in [5, 5.41) is 3.17. The van der Waals surface area contributed by atoms with Gasteiger partial charge in [0.15, 0.2) is 0 Å². The summed E-state index contributed by atoms with van der Waals surface area (Å²) in [5.41, 5.74) is 7.76. The van der Waals surface area contributed by atoms with Gasteiger partial charge in [-0.1, -0.05) is 37.6 Å². The summed E-state index contributed by atoms with van der Waals surface area (Å²) in [6, 6.07) is 8.33. The van der Waals surface area contributed by atoms with E-state index in [-0.39, 0.29) is 18.0 Å². The molecule has 0 spiro atoms. The lowest BCUT2D eigenvalue weighted by molar-refractivity contribution is -0.119. The van der Waals surface area contributed by atoms with E-state index >= 15 is 0 Å². The smallest absolute Gasteiger partial charge is 0.234 e. The van der Waals surface area contributed by atoms with E-state index in [4.69, 9.17) is 5.73 Å². The van der Waals surface area contributed by atoms with Gasteiger partial charge in [0.1, 0.15) is 0 Å². The summed E-state index contributed by atoms with van der Waals surface area (Å²) in [5.74, 6) is -0.320. The van der Waals surface area contributed by atoms with Crippen LogP contribution >= 0.6 is 0 Å². The molecule has 94 valence electrons. The van der Waals surface area contributed by atoms with Gasteiger partial charge >= 0.3 is 0 Å². The normalized spacial score (nSPS) is 14.3. The molecule has 17 heavy (non-hydrogen) atoms. The first-order chi connectivity index (χ1) is 8.04. The topological polar surface area (TPSA) is 55.1 Å². The lowest BCUT2D eigenvalue weighted by Crippen LogP contribution is -2.39. The van der Waals surface area contributed by atoms with Gasteiger partial charge in [-0.05, 0) is 31.4 Å². The summed E-state index contributed by atoms with van der Waals surface area (Å²) in [4.78, 5) is 11.0. The van der Waals surface area contributed by atoms with Crippen molar-refractivity contribution in [3.63, 3.8) is 0 Å². The molecule has 1 amide bonds. The van der Waals surface area contributed by atoms with Crippen molar-refractivity contribution in [2.24, 2.45) is 5.73 Å². The Labute approximate surface area is 103 Å². The molecule has 0 saturated heterocycles. The van der Waals surface area contributed by atoms with Crippen molar-refractivity contribution in [1.82, 2.24) is 5.32 Å². The quantitative estimate of drug-likeness (QED) is 0.792. The molecule has 0 bridgehead atoms. The first-order valence-electron chi connectivity index (χ1n) is 6.18. The number of carbonyl (C=O) groups is 1. The maximum Gasteiger partial charge on any atom is 0.234 e. The molecular weight excluding hydrogens is 212 g/mol. The van der Waals surface area contributed by atoms with Gasteiger partial charge in [0, 0.05) is 6.04 Å². The highest BCUT2D eigenvalue weighted by molar-refractivity contribution is 5.79. The van der Waals surface area contributed by atoms with Crippen LogP contribution in [0.15, 0.2) is 24.3 Å². The Balaban J connectivity index is 2.63. The average Bonchev–Trinajstić information content (AvgIpc) is 2.30. The lowest BCUT2D eigenvalue weighted by Gasteiger charge is -2.18. The van der Waals surface area contributed by atoms with Crippen LogP contribution in [0.2, 0.25) is 0 Å². The molecule has 1 rings (SSSR count). The van der Waals surface area contributed by atoms with Crippen LogP contribution in [-0.2, 0) is 11.2 Å². The van der Waals surface area contributed by atoms with Crippen molar-refractivity contribution in [2.75, 3.05) is 0 Å². The zero-order valence-electron chi connectivity index (χ0n) is 10.9. The summed E-state index contributed by atoms with van der Waals surface area (Å²) in [7, 11) is 0. The predicted molar refractivity (Wildman–Crippen MR) is 70.6 cm³/mol. The molecule has 2 atom stereocenters. The van der Waals surface area contributed by atoms with Gasteiger partial charge < -0.3 is 5.73 Å². The Hall–Kier alpha value is -1.35. The maximum absolute atomic E-state index is 11.0. The molecule has 2 unspecified atom stereocenters. The van der Waals surface area contributed by atoms with Crippen LogP contribution in [0.3, 0.4) is 0 Å². The first kappa shape index (κ1) is 13.7. The van der Waals surface area contributed by atoms with Crippen LogP contribution in [0.4, 0.5) is 0 Å². The third-order valence-electron chi connectivity index (χ3n) is 2.95. The Morgan fingerprint density at radius 2 is 1.88 bits per heavy atom. The number of nitrogens with two attached hydrogens (primary N) is 1. The fraction of sp³-hybridized carbons (Fsp3) is 0.500. The van der Waals surface area contributed by atoms with Gasteiger partial charge in [0.2, 0.25) is 5.91 Å². The van der Waals surface area contributed by atoms with Crippen molar-refractivity contribution in [3.8, 4) is 0 Å². The summed E-state index contributed by atoms with van der Waals surface area (Å²) in [6.45, 7) is 5.99. The van der Waals surface area contributed by atoms with Crippen molar-refractivity contribution in [1.29, 1.82) is 0 Å². The second-order valence-electron chi connectivity index (χ2n) is 4.50. The Bertz CT molecular complexity index is 359. The minimum Gasteiger partial charge on any atom is -0.368 e. The monoisotopic (exact) mass is 234 g/mol.